The lowest BCUT2D eigenvalue weighted by atomic mass is 10.0. The fraction of sp³-hybridized carbons (Fsp3) is 0.375. The van der Waals surface area contributed by atoms with Crippen LogP contribution < -0.4 is 0 Å². The van der Waals surface area contributed by atoms with E-state index in [1.807, 2.05) is 30.3 Å². The number of ether oxygens (including phenoxy) is 1. The maximum atomic E-state index is 12.9. The molecule has 3 aromatic rings. The van der Waals surface area contributed by atoms with E-state index in [0.717, 1.165) is 37.1 Å². The lowest BCUT2D eigenvalue weighted by Gasteiger charge is -2.27. The Morgan fingerprint density at radius 3 is 2.62 bits per heavy atom. The van der Waals surface area contributed by atoms with Gasteiger partial charge in [0.2, 0.25) is 0 Å². The van der Waals surface area contributed by atoms with Gasteiger partial charge < -0.3 is 14.3 Å². The predicted octanol–water partition coefficient (Wildman–Crippen LogP) is 4.83. The number of carbonyl (C=O) groups is 1. The molecule has 0 aliphatic carbocycles. The Hall–Kier alpha value is -2.79. The van der Waals surface area contributed by atoms with E-state index in [0.29, 0.717) is 41.9 Å². The normalized spacial score (nSPS) is 14.9. The van der Waals surface area contributed by atoms with Gasteiger partial charge in [-0.2, -0.15) is 0 Å². The molecule has 1 N–H and O–H groups in total. The molecule has 152 valence electrons. The van der Waals surface area contributed by atoms with E-state index < -0.39 is 5.97 Å². The highest BCUT2D eigenvalue weighted by Crippen LogP contribution is 2.35. The molecule has 2 heterocycles. The van der Waals surface area contributed by atoms with Gasteiger partial charge in [0.05, 0.1) is 6.61 Å². The number of likely N-dealkylation sites (tertiary alicyclic amines) is 1. The number of fused-ring (bicyclic) bond motifs is 1. The van der Waals surface area contributed by atoms with Gasteiger partial charge in [0.15, 0.2) is 0 Å². The first-order chi connectivity index (χ1) is 14.1. The zero-order valence-electron chi connectivity index (χ0n) is 16.8. The Kier molecular flexibility index (Phi) is 5.86. The van der Waals surface area contributed by atoms with Crippen LogP contribution >= 0.6 is 0 Å². The van der Waals surface area contributed by atoms with Crippen molar-refractivity contribution in [1.29, 1.82) is 0 Å². The molecule has 1 fully saturated rings. The second-order valence-corrected chi connectivity index (χ2v) is 7.68. The number of hydrogen-bond donors (Lipinski definition) is 1. The van der Waals surface area contributed by atoms with E-state index in [9.17, 15) is 9.90 Å². The average Bonchev–Trinajstić information content (AvgIpc) is 3.08. The molecular weight excluding hydrogens is 366 g/mol. The van der Waals surface area contributed by atoms with Gasteiger partial charge in [-0.15, -0.1) is 0 Å². The smallest absolute Gasteiger partial charge is 0.342 e. The SMILES string of the molecule is Cc1oc2ccc(O)c(CN3CCCCC3)c2c1C(=O)OCCc1ccccc1. The zero-order valence-corrected chi connectivity index (χ0v) is 16.8. The molecule has 0 atom stereocenters. The molecule has 0 bridgehead atoms. The van der Waals surface area contributed by atoms with Crippen molar-refractivity contribution in [3.8, 4) is 5.75 Å². The highest BCUT2D eigenvalue weighted by molar-refractivity contribution is 6.06. The van der Waals surface area contributed by atoms with Crippen molar-refractivity contribution in [2.24, 2.45) is 0 Å². The number of phenols is 1. The van der Waals surface area contributed by atoms with E-state index in [1.165, 1.54) is 6.42 Å². The number of hydrogen-bond acceptors (Lipinski definition) is 5. The quantitative estimate of drug-likeness (QED) is 0.608. The van der Waals surface area contributed by atoms with E-state index in [2.05, 4.69) is 4.90 Å². The minimum atomic E-state index is -0.400. The van der Waals surface area contributed by atoms with E-state index in [1.54, 1.807) is 19.1 Å². The van der Waals surface area contributed by atoms with Crippen LogP contribution in [0.25, 0.3) is 11.0 Å². The Balaban J connectivity index is 1.58. The summed E-state index contributed by atoms with van der Waals surface area (Å²) in [6, 6.07) is 13.3. The lowest BCUT2D eigenvalue weighted by molar-refractivity contribution is 0.0509. The van der Waals surface area contributed by atoms with Gasteiger partial charge in [-0.25, -0.2) is 4.79 Å². The van der Waals surface area contributed by atoms with Gasteiger partial charge in [0, 0.05) is 23.9 Å². The maximum Gasteiger partial charge on any atom is 0.342 e. The summed E-state index contributed by atoms with van der Waals surface area (Å²) in [7, 11) is 0. The van der Waals surface area contributed by atoms with E-state index in [4.69, 9.17) is 9.15 Å². The van der Waals surface area contributed by atoms with Crippen molar-refractivity contribution in [1.82, 2.24) is 4.90 Å². The van der Waals surface area contributed by atoms with Gasteiger partial charge in [-0.3, -0.25) is 4.90 Å². The summed E-state index contributed by atoms with van der Waals surface area (Å²) in [6.45, 7) is 4.68. The summed E-state index contributed by atoms with van der Waals surface area (Å²) in [4.78, 5) is 15.2. The monoisotopic (exact) mass is 393 g/mol. The molecule has 0 unspecified atom stereocenters. The largest absolute Gasteiger partial charge is 0.508 e. The molecule has 0 amide bonds. The molecule has 5 nitrogen and oxygen atoms in total. The Bertz CT molecular complexity index is 987. The molecule has 1 aliphatic heterocycles. The van der Waals surface area contributed by atoms with Crippen LogP contribution in [0.1, 0.15) is 46.5 Å². The van der Waals surface area contributed by atoms with Gasteiger partial charge in [0.1, 0.15) is 22.7 Å². The minimum Gasteiger partial charge on any atom is -0.508 e. The number of benzene rings is 2. The molecule has 4 rings (SSSR count). The van der Waals surface area contributed by atoms with Crippen molar-refractivity contribution >= 4 is 16.9 Å². The number of furan rings is 1. The molecule has 5 heteroatoms. The first-order valence-corrected chi connectivity index (χ1v) is 10.3. The number of nitrogens with zero attached hydrogens (tertiary/aromatic N) is 1. The van der Waals surface area contributed by atoms with Gasteiger partial charge in [-0.1, -0.05) is 36.8 Å². The third kappa shape index (κ3) is 4.30. The van der Waals surface area contributed by atoms with Crippen molar-refractivity contribution in [2.45, 2.75) is 39.2 Å². The second kappa shape index (κ2) is 8.70. The standard InChI is InChI=1S/C24H27NO4/c1-17-22(24(27)28-15-12-18-8-4-2-5-9-18)23-19(16-25-13-6-3-7-14-25)20(26)10-11-21(23)29-17/h2,4-5,8-11,26H,3,6-7,12-16H2,1H3. The zero-order chi connectivity index (χ0) is 20.2. The van der Waals surface area contributed by atoms with Gasteiger partial charge in [0.25, 0.3) is 0 Å². The highest BCUT2D eigenvalue weighted by atomic mass is 16.5. The summed E-state index contributed by atoms with van der Waals surface area (Å²) in [5.74, 6) is 0.320. The molecular formula is C24H27NO4. The van der Waals surface area contributed by atoms with Crippen LogP contribution in [0.4, 0.5) is 0 Å². The summed E-state index contributed by atoms with van der Waals surface area (Å²) >= 11 is 0. The van der Waals surface area contributed by atoms with E-state index >= 15 is 0 Å². The van der Waals surface area contributed by atoms with Crippen LogP contribution in [-0.2, 0) is 17.7 Å². The van der Waals surface area contributed by atoms with Crippen LogP contribution in [0, 0.1) is 6.92 Å². The number of aryl methyl sites for hydroxylation is 1. The fourth-order valence-electron chi connectivity index (χ4n) is 4.09. The second-order valence-electron chi connectivity index (χ2n) is 7.68. The van der Waals surface area contributed by atoms with Crippen LogP contribution in [0.2, 0.25) is 0 Å². The first-order valence-electron chi connectivity index (χ1n) is 10.3. The van der Waals surface area contributed by atoms with Crippen LogP contribution in [0.3, 0.4) is 0 Å². The first kappa shape index (κ1) is 19.5. The number of phenolic OH excluding ortho intramolecular Hbond substituents is 1. The summed E-state index contributed by atoms with van der Waals surface area (Å²) in [5, 5.41) is 11.2. The van der Waals surface area contributed by atoms with Crippen molar-refractivity contribution in [3.05, 3.63) is 64.9 Å². The number of piperidine rings is 1. The topological polar surface area (TPSA) is 62.9 Å². The fourth-order valence-corrected chi connectivity index (χ4v) is 4.09. The average molecular weight is 393 g/mol. The third-order valence-electron chi connectivity index (χ3n) is 5.62. The number of aromatic hydroxyl groups is 1. The van der Waals surface area contributed by atoms with Crippen molar-refractivity contribution in [3.63, 3.8) is 0 Å². The lowest BCUT2D eigenvalue weighted by Crippen LogP contribution is -2.29. The Morgan fingerprint density at radius 2 is 1.86 bits per heavy atom. The molecule has 0 radical (unpaired) electrons. The summed E-state index contributed by atoms with van der Waals surface area (Å²) < 4.78 is 11.4. The van der Waals surface area contributed by atoms with Crippen LogP contribution in [0.5, 0.6) is 5.75 Å². The molecule has 0 saturated carbocycles. The molecule has 29 heavy (non-hydrogen) atoms. The van der Waals surface area contributed by atoms with Gasteiger partial charge >= 0.3 is 5.97 Å². The summed E-state index contributed by atoms with van der Waals surface area (Å²) in [5.41, 5.74) is 2.91. The predicted molar refractivity (Wildman–Crippen MR) is 112 cm³/mol. The van der Waals surface area contributed by atoms with Crippen molar-refractivity contribution < 1.29 is 19.1 Å². The Morgan fingerprint density at radius 1 is 1.10 bits per heavy atom. The molecule has 2 aromatic carbocycles. The van der Waals surface area contributed by atoms with Crippen LogP contribution in [-0.4, -0.2) is 35.7 Å². The minimum absolute atomic E-state index is 0.196. The number of esters is 1. The molecule has 1 aliphatic rings. The molecule has 1 saturated heterocycles. The third-order valence-corrected chi connectivity index (χ3v) is 5.62. The Labute approximate surface area is 170 Å². The highest BCUT2D eigenvalue weighted by Gasteiger charge is 2.25. The van der Waals surface area contributed by atoms with Crippen LogP contribution in [0.15, 0.2) is 46.9 Å². The van der Waals surface area contributed by atoms with E-state index in [-0.39, 0.29) is 5.75 Å². The van der Waals surface area contributed by atoms with Gasteiger partial charge in [-0.05, 0) is 50.6 Å². The number of carbonyl (C=O) groups excluding carboxylic acids is 1. The summed E-state index contributed by atoms with van der Waals surface area (Å²) in [6.07, 6.45) is 4.23. The maximum absolute atomic E-state index is 12.9. The van der Waals surface area contributed by atoms with Crippen molar-refractivity contribution in [2.75, 3.05) is 19.7 Å². The number of rotatable bonds is 6. The molecule has 0 spiro atoms. The molecule has 1 aromatic heterocycles.